The summed E-state index contributed by atoms with van der Waals surface area (Å²) in [5.41, 5.74) is 7.84. The molecule has 0 N–H and O–H groups in total. The maximum Gasteiger partial charge on any atom is 0.0445 e. The van der Waals surface area contributed by atoms with Gasteiger partial charge < -0.3 is 0 Å². The first-order chi connectivity index (χ1) is 12.0. The molecule has 2 heteroatoms. The Labute approximate surface area is 156 Å². The first kappa shape index (κ1) is 17.0. The average Bonchev–Trinajstić information content (AvgIpc) is 3.20. The highest BCUT2D eigenvalue weighted by atomic mass is 32.1. The number of allylic oxidation sites excluding steroid dienone is 5. The van der Waals surface area contributed by atoms with Crippen molar-refractivity contribution in [2.45, 2.75) is 39.3 Å². The highest BCUT2D eigenvalue weighted by Gasteiger charge is 2.50. The highest BCUT2D eigenvalue weighted by Crippen LogP contribution is 2.76. The predicted octanol–water partition coefficient (Wildman–Crippen LogP) is 7.56. The molecule has 25 heavy (non-hydrogen) atoms. The average molecular weight is 364 g/mol. The minimum Gasteiger partial charge on any atom is -0.144 e. The second kappa shape index (κ2) is 6.38. The third-order valence-corrected chi connectivity index (χ3v) is 10.4. The molecular weight excluding hydrogens is 339 g/mol. The van der Waals surface area contributed by atoms with Gasteiger partial charge in [-0.05, 0) is 74.3 Å². The molecule has 0 spiro atoms. The van der Waals surface area contributed by atoms with Gasteiger partial charge in [0, 0.05) is 10.0 Å². The molecule has 2 aromatic rings. The number of benzene rings is 1. The van der Waals surface area contributed by atoms with E-state index in [1.165, 1.54) is 28.6 Å². The number of rotatable bonds is 2. The molecule has 2 aliphatic heterocycles. The van der Waals surface area contributed by atoms with Gasteiger partial charge in [-0.2, -0.15) is 0 Å². The molecular formula is C23H25PS. The van der Waals surface area contributed by atoms with Crippen molar-refractivity contribution < 1.29 is 0 Å². The number of thiophene rings is 1. The zero-order chi connectivity index (χ0) is 17.6. The van der Waals surface area contributed by atoms with E-state index in [-0.39, 0.29) is 13.1 Å². The van der Waals surface area contributed by atoms with E-state index < -0.39 is 0 Å². The molecule has 0 fully saturated rings. The molecule has 0 nitrogen and oxygen atoms in total. The fraction of sp³-hybridized carbons (Fsp3) is 0.304. The Hall–Kier alpha value is -1.43. The minimum absolute atomic E-state index is 0.202. The van der Waals surface area contributed by atoms with Crippen molar-refractivity contribution in [3.63, 3.8) is 0 Å². The molecule has 0 amide bonds. The van der Waals surface area contributed by atoms with Crippen LogP contribution in [0.5, 0.6) is 0 Å². The zero-order valence-corrected chi connectivity index (χ0v) is 17.2. The first-order valence-corrected chi connectivity index (χ1v) is 11.4. The van der Waals surface area contributed by atoms with E-state index in [4.69, 9.17) is 0 Å². The summed E-state index contributed by atoms with van der Waals surface area (Å²) in [5, 5.41) is 4.00. The fourth-order valence-electron chi connectivity index (χ4n) is 4.35. The zero-order valence-electron chi connectivity index (χ0n) is 15.5. The number of fused-ring (bicyclic) bond motifs is 1. The Balaban J connectivity index is 1.94. The van der Waals surface area contributed by atoms with Crippen molar-refractivity contribution in [3.05, 3.63) is 85.9 Å². The van der Waals surface area contributed by atoms with Crippen LogP contribution in [0.25, 0.3) is 6.08 Å². The summed E-state index contributed by atoms with van der Waals surface area (Å²) in [6.45, 7) is 9.43. The Morgan fingerprint density at radius 3 is 2.40 bits per heavy atom. The molecule has 2 unspecified atom stereocenters. The largest absolute Gasteiger partial charge is 0.144 e. The first-order valence-electron chi connectivity index (χ1n) is 8.96. The van der Waals surface area contributed by atoms with Crippen LogP contribution < -0.4 is 0 Å². The van der Waals surface area contributed by atoms with E-state index in [0.29, 0.717) is 0 Å². The minimum atomic E-state index is -0.257. The molecule has 0 radical (unpaired) electrons. The van der Waals surface area contributed by atoms with Gasteiger partial charge in [0.05, 0.1) is 0 Å². The van der Waals surface area contributed by atoms with Gasteiger partial charge in [-0.25, -0.2) is 0 Å². The quantitative estimate of drug-likeness (QED) is 0.381. The Morgan fingerprint density at radius 2 is 1.72 bits per heavy atom. The summed E-state index contributed by atoms with van der Waals surface area (Å²) >= 11 is 1.85. The predicted molar refractivity (Wildman–Crippen MR) is 114 cm³/mol. The van der Waals surface area contributed by atoms with Gasteiger partial charge in [-0.3, -0.25) is 0 Å². The smallest absolute Gasteiger partial charge is 0.0445 e. The van der Waals surface area contributed by atoms with E-state index in [9.17, 15) is 0 Å². The maximum absolute atomic E-state index is 2.48. The van der Waals surface area contributed by atoms with E-state index in [1.54, 1.807) is 22.0 Å². The van der Waals surface area contributed by atoms with Crippen molar-refractivity contribution in [2.75, 3.05) is 6.16 Å². The van der Waals surface area contributed by atoms with Gasteiger partial charge in [0.25, 0.3) is 0 Å². The van der Waals surface area contributed by atoms with Crippen LogP contribution in [0.1, 0.15) is 44.6 Å². The van der Waals surface area contributed by atoms with Crippen LogP contribution >= 0.6 is 19.3 Å². The SMILES string of the molecule is CC1=C(C)CC2(c3ccccc3)C(C)=C(C)/C(=C\c3cccs3)P2C1. The van der Waals surface area contributed by atoms with Crippen LogP contribution in [0.15, 0.2) is 75.5 Å². The van der Waals surface area contributed by atoms with Crippen LogP contribution in [-0.2, 0) is 5.16 Å². The summed E-state index contributed by atoms with van der Waals surface area (Å²) in [4.78, 5) is 1.39. The molecule has 0 bridgehead atoms. The normalized spacial score (nSPS) is 28.0. The molecule has 4 rings (SSSR count). The third kappa shape index (κ3) is 2.60. The molecule has 128 valence electrons. The van der Waals surface area contributed by atoms with E-state index in [1.807, 2.05) is 11.3 Å². The summed E-state index contributed by atoms with van der Waals surface area (Å²) in [5.74, 6) is 0. The van der Waals surface area contributed by atoms with Gasteiger partial charge in [0.2, 0.25) is 0 Å². The monoisotopic (exact) mass is 364 g/mol. The van der Waals surface area contributed by atoms with Crippen molar-refractivity contribution in [1.82, 2.24) is 0 Å². The van der Waals surface area contributed by atoms with Crippen LogP contribution in [0, 0.1) is 0 Å². The summed E-state index contributed by atoms with van der Waals surface area (Å²) < 4.78 is 0. The molecule has 0 saturated carbocycles. The molecule has 0 saturated heterocycles. The van der Waals surface area contributed by atoms with Crippen LogP contribution in [0.2, 0.25) is 0 Å². The van der Waals surface area contributed by atoms with E-state index in [2.05, 4.69) is 81.6 Å². The van der Waals surface area contributed by atoms with Gasteiger partial charge in [-0.1, -0.05) is 61.0 Å². The van der Waals surface area contributed by atoms with E-state index >= 15 is 0 Å². The second-order valence-corrected chi connectivity index (χ2v) is 10.7. The number of hydrogen-bond acceptors (Lipinski definition) is 1. The fourth-order valence-corrected chi connectivity index (χ4v) is 9.02. The molecule has 2 atom stereocenters. The lowest BCUT2D eigenvalue weighted by Gasteiger charge is -2.43. The lowest BCUT2D eigenvalue weighted by atomic mass is 9.82. The summed E-state index contributed by atoms with van der Waals surface area (Å²) in [6, 6.07) is 15.7. The summed E-state index contributed by atoms with van der Waals surface area (Å²) in [7, 11) is -0.257. The molecule has 3 heterocycles. The molecule has 1 aromatic carbocycles. The van der Waals surface area contributed by atoms with Crippen LogP contribution in [0.4, 0.5) is 0 Å². The molecule has 0 aliphatic carbocycles. The van der Waals surface area contributed by atoms with Crippen LogP contribution in [0.3, 0.4) is 0 Å². The van der Waals surface area contributed by atoms with Gasteiger partial charge in [0.1, 0.15) is 0 Å². The molecule has 2 aliphatic rings. The standard InChI is InChI=1S/C23H25PS/c1-16-14-23(20-9-6-5-7-10-20)19(4)18(3)22(24(23)15-17(16)2)13-21-11-8-12-25-21/h5-13H,14-15H2,1-4H3/b22-13+. The van der Waals surface area contributed by atoms with Crippen molar-refractivity contribution >= 4 is 25.3 Å². The lowest BCUT2D eigenvalue weighted by Crippen LogP contribution is -2.28. The van der Waals surface area contributed by atoms with E-state index in [0.717, 1.165) is 0 Å². The van der Waals surface area contributed by atoms with Gasteiger partial charge >= 0.3 is 0 Å². The van der Waals surface area contributed by atoms with Gasteiger partial charge in [-0.15, -0.1) is 11.3 Å². The third-order valence-electron chi connectivity index (χ3n) is 6.04. The Kier molecular flexibility index (Phi) is 4.34. The number of hydrogen-bond donors (Lipinski definition) is 0. The second-order valence-electron chi connectivity index (χ2n) is 7.34. The Bertz CT molecular complexity index is 883. The topological polar surface area (TPSA) is 0 Å². The highest BCUT2D eigenvalue weighted by molar-refractivity contribution is 7.65. The van der Waals surface area contributed by atoms with Crippen LogP contribution in [-0.4, -0.2) is 6.16 Å². The maximum atomic E-state index is 2.48. The van der Waals surface area contributed by atoms with Crippen molar-refractivity contribution in [1.29, 1.82) is 0 Å². The summed E-state index contributed by atoms with van der Waals surface area (Å²) in [6.07, 6.45) is 4.90. The van der Waals surface area contributed by atoms with Crippen molar-refractivity contribution in [3.8, 4) is 0 Å². The lowest BCUT2D eigenvalue weighted by molar-refractivity contribution is 0.685. The van der Waals surface area contributed by atoms with Crippen molar-refractivity contribution in [2.24, 2.45) is 0 Å². The van der Waals surface area contributed by atoms with Gasteiger partial charge in [0.15, 0.2) is 0 Å². The molecule has 1 aromatic heterocycles. The Morgan fingerprint density at radius 1 is 0.960 bits per heavy atom.